The van der Waals surface area contributed by atoms with Crippen molar-refractivity contribution in [2.24, 2.45) is 16.8 Å². The molecule has 18 heavy (non-hydrogen) atoms. The van der Waals surface area contributed by atoms with E-state index in [-0.39, 0.29) is 5.84 Å². The Hall–Kier alpha value is -1.85. The Morgan fingerprint density at radius 1 is 1.44 bits per heavy atom. The van der Waals surface area contributed by atoms with Crippen molar-refractivity contribution in [3.05, 3.63) is 18.1 Å². The van der Waals surface area contributed by atoms with Crippen LogP contribution >= 0.6 is 0 Å². The SMILES string of the molecule is CCC(C)CN(CC)c1cnc(C(N)=NO)cn1. The quantitative estimate of drug-likeness (QED) is 0.346. The smallest absolute Gasteiger partial charge is 0.190 e. The standard InChI is InChI=1S/C12H21N5O/c1-4-9(3)8-17(5-2)11-7-14-10(6-15-11)12(13)16-18/h6-7,9,18H,4-5,8H2,1-3H3,(H2,13,16). The van der Waals surface area contributed by atoms with E-state index in [0.29, 0.717) is 11.6 Å². The number of oxime groups is 1. The molecule has 0 saturated carbocycles. The molecular weight excluding hydrogens is 230 g/mol. The summed E-state index contributed by atoms with van der Waals surface area (Å²) in [4.78, 5) is 10.6. The van der Waals surface area contributed by atoms with Crippen LogP contribution in [0, 0.1) is 5.92 Å². The zero-order valence-electron chi connectivity index (χ0n) is 11.2. The van der Waals surface area contributed by atoms with Gasteiger partial charge in [-0.15, -0.1) is 0 Å². The summed E-state index contributed by atoms with van der Waals surface area (Å²) in [5.41, 5.74) is 5.81. The minimum Gasteiger partial charge on any atom is -0.409 e. The molecule has 0 aliphatic rings. The minimum atomic E-state index is -0.0287. The van der Waals surface area contributed by atoms with E-state index in [0.717, 1.165) is 25.3 Å². The van der Waals surface area contributed by atoms with Crippen LogP contribution in [0.3, 0.4) is 0 Å². The average molecular weight is 251 g/mol. The second-order valence-electron chi connectivity index (χ2n) is 4.30. The monoisotopic (exact) mass is 251 g/mol. The number of nitrogens with two attached hydrogens (primary N) is 1. The zero-order chi connectivity index (χ0) is 13.5. The lowest BCUT2D eigenvalue weighted by Crippen LogP contribution is -2.29. The Labute approximate surface area is 108 Å². The average Bonchev–Trinajstić information content (AvgIpc) is 2.43. The molecular formula is C12H21N5O. The van der Waals surface area contributed by atoms with Gasteiger partial charge in [0.2, 0.25) is 0 Å². The van der Waals surface area contributed by atoms with E-state index in [4.69, 9.17) is 10.9 Å². The van der Waals surface area contributed by atoms with E-state index < -0.39 is 0 Å². The fourth-order valence-electron chi connectivity index (χ4n) is 1.56. The summed E-state index contributed by atoms with van der Waals surface area (Å²) in [6.45, 7) is 8.29. The minimum absolute atomic E-state index is 0.0287. The summed E-state index contributed by atoms with van der Waals surface area (Å²) in [6.07, 6.45) is 4.30. The normalized spacial score (nSPS) is 13.4. The van der Waals surface area contributed by atoms with E-state index in [1.165, 1.54) is 6.20 Å². The molecule has 0 saturated heterocycles. The highest BCUT2D eigenvalue weighted by Gasteiger charge is 2.10. The number of nitrogens with zero attached hydrogens (tertiary/aromatic N) is 4. The molecule has 1 rings (SSSR count). The number of hydrogen-bond donors (Lipinski definition) is 2. The van der Waals surface area contributed by atoms with Crippen LogP contribution in [-0.4, -0.2) is 34.1 Å². The Bertz CT molecular complexity index is 390. The molecule has 3 N–H and O–H groups in total. The third-order valence-electron chi connectivity index (χ3n) is 2.94. The topological polar surface area (TPSA) is 87.6 Å². The number of rotatable bonds is 6. The molecule has 1 atom stereocenters. The van der Waals surface area contributed by atoms with E-state index in [1.54, 1.807) is 6.20 Å². The second-order valence-corrected chi connectivity index (χ2v) is 4.30. The number of amidine groups is 1. The lowest BCUT2D eigenvalue weighted by atomic mass is 10.1. The first-order chi connectivity index (χ1) is 8.62. The number of hydrogen-bond acceptors (Lipinski definition) is 5. The van der Waals surface area contributed by atoms with Crippen molar-refractivity contribution in [1.82, 2.24) is 9.97 Å². The molecule has 0 amide bonds. The third kappa shape index (κ3) is 3.58. The molecule has 0 spiro atoms. The largest absolute Gasteiger partial charge is 0.409 e. The first-order valence-electron chi connectivity index (χ1n) is 6.17. The molecule has 0 fully saturated rings. The molecule has 1 heterocycles. The van der Waals surface area contributed by atoms with Crippen LogP contribution in [0.5, 0.6) is 0 Å². The maximum Gasteiger partial charge on any atom is 0.190 e. The predicted molar refractivity (Wildman–Crippen MR) is 71.9 cm³/mol. The summed E-state index contributed by atoms with van der Waals surface area (Å²) in [7, 11) is 0. The van der Waals surface area contributed by atoms with E-state index in [9.17, 15) is 0 Å². The van der Waals surface area contributed by atoms with Gasteiger partial charge in [0, 0.05) is 13.1 Å². The van der Waals surface area contributed by atoms with Crippen molar-refractivity contribution in [2.75, 3.05) is 18.0 Å². The van der Waals surface area contributed by atoms with Crippen LogP contribution in [0.1, 0.15) is 32.9 Å². The second kappa shape index (κ2) is 6.78. The lowest BCUT2D eigenvalue weighted by molar-refractivity contribution is 0.318. The fourth-order valence-corrected chi connectivity index (χ4v) is 1.56. The molecule has 1 aromatic rings. The molecule has 6 nitrogen and oxygen atoms in total. The van der Waals surface area contributed by atoms with E-state index in [2.05, 4.69) is 40.8 Å². The van der Waals surface area contributed by atoms with Crippen LogP contribution in [-0.2, 0) is 0 Å². The van der Waals surface area contributed by atoms with Crippen LogP contribution in [0.2, 0.25) is 0 Å². The molecule has 100 valence electrons. The summed E-state index contributed by atoms with van der Waals surface area (Å²) >= 11 is 0. The van der Waals surface area contributed by atoms with Crippen molar-refractivity contribution in [3.63, 3.8) is 0 Å². The Balaban J connectivity index is 2.82. The summed E-state index contributed by atoms with van der Waals surface area (Å²) in [6, 6.07) is 0. The summed E-state index contributed by atoms with van der Waals surface area (Å²) in [5, 5.41) is 11.4. The zero-order valence-corrected chi connectivity index (χ0v) is 11.2. The van der Waals surface area contributed by atoms with E-state index in [1.807, 2.05) is 0 Å². The van der Waals surface area contributed by atoms with E-state index >= 15 is 0 Å². The lowest BCUT2D eigenvalue weighted by Gasteiger charge is -2.24. The van der Waals surface area contributed by atoms with Gasteiger partial charge in [0.15, 0.2) is 5.84 Å². The maximum atomic E-state index is 8.55. The molecule has 1 unspecified atom stereocenters. The highest BCUT2D eigenvalue weighted by molar-refractivity contribution is 5.94. The molecule has 6 heteroatoms. The van der Waals surface area contributed by atoms with Gasteiger partial charge in [-0.1, -0.05) is 25.4 Å². The van der Waals surface area contributed by atoms with Crippen molar-refractivity contribution in [1.29, 1.82) is 0 Å². The molecule has 0 aliphatic carbocycles. The number of aromatic nitrogens is 2. The van der Waals surface area contributed by atoms with Crippen molar-refractivity contribution >= 4 is 11.7 Å². The number of anilines is 1. The van der Waals surface area contributed by atoms with Gasteiger partial charge in [0.05, 0.1) is 12.4 Å². The van der Waals surface area contributed by atoms with Gasteiger partial charge in [-0.2, -0.15) is 0 Å². The molecule has 0 aliphatic heterocycles. The van der Waals surface area contributed by atoms with Crippen LogP contribution in [0.25, 0.3) is 0 Å². The summed E-state index contributed by atoms with van der Waals surface area (Å²) in [5.74, 6) is 1.39. The van der Waals surface area contributed by atoms with Gasteiger partial charge < -0.3 is 15.8 Å². The van der Waals surface area contributed by atoms with Crippen LogP contribution in [0.15, 0.2) is 17.5 Å². The van der Waals surface area contributed by atoms with Crippen LogP contribution in [0.4, 0.5) is 5.82 Å². The van der Waals surface area contributed by atoms with Crippen molar-refractivity contribution in [3.8, 4) is 0 Å². The highest BCUT2D eigenvalue weighted by Crippen LogP contribution is 2.12. The first-order valence-corrected chi connectivity index (χ1v) is 6.17. The van der Waals surface area contributed by atoms with Gasteiger partial charge in [-0.25, -0.2) is 9.97 Å². The van der Waals surface area contributed by atoms with Gasteiger partial charge in [0.25, 0.3) is 0 Å². The third-order valence-corrected chi connectivity index (χ3v) is 2.94. The van der Waals surface area contributed by atoms with Gasteiger partial charge in [-0.05, 0) is 12.8 Å². The Morgan fingerprint density at radius 3 is 2.61 bits per heavy atom. The van der Waals surface area contributed by atoms with Crippen LogP contribution < -0.4 is 10.6 Å². The first kappa shape index (κ1) is 14.2. The molecule has 0 aromatic carbocycles. The maximum absolute atomic E-state index is 8.55. The van der Waals surface area contributed by atoms with Gasteiger partial charge >= 0.3 is 0 Å². The highest BCUT2D eigenvalue weighted by atomic mass is 16.4. The molecule has 0 bridgehead atoms. The van der Waals surface area contributed by atoms with Crippen molar-refractivity contribution < 1.29 is 5.21 Å². The van der Waals surface area contributed by atoms with Gasteiger partial charge in [-0.3, -0.25) is 0 Å². The molecule has 1 aromatic heterocycles. The van der Waals surface area contributed by atoms with Crippen molar-refractivity contribution in [2.45, 2.75) is 27.2 Å². The fraction of sp³-hybridized carbons (Fsp3) is 0.583. The predicted octanol–water partition coefficient (Wildman–Crippen LogP) is 1.44. The Morgan fingerprint density at radius 2 is 2.17 bits per heavy atom. The summed E-state index contributed by atoms with van der Waals surface area (Å²) < 4.78 is 0. The molecule has 0 radical (unpaired) electrons. The Kier molecular flexibility index (Phi) is 5.35. The van der Waals surface area contributed by atoms with Gasteiger partial charge in [0.1, 0.15) is 11.5 Å².